The molecule has 2 amide bonds. The summed E-state index contributed by atoms with van der Waals surface area (Å²) in [5.74, 6) is -0.0456. The standard InChI is InChI=1S/C13H14ClFN2O2S/c1-17(9-4-5-20-7-9)13(19)12(18)16-11-3-2-8(15)6-10(11)14/h2-3,6,9H,4-5,7H2,1H3,(H,16,18). The van der Waals surface area contributed by atoms with Crippen LogP contribution in [0.1, 0.15) is 6.42 Å². The van der Waals surface area contributed by atoms with E-state index in [9.17, 15) is 14.0 Å². The minimum atomic E-state index is -0.766. The van der Waals surface area contributed by atoms with Crippen LogP contribution in [-0.2, 0) is 9.59 Å². The number of benzene rings is 1. The number of likely N-dealkylation sites (N-methyl/N-ethyl adjacent to an activating group) is 1. The Labute approximate surface area is 125 Å². The highest BCUT2D eigenvalue weighted by Crippen LogP contribution is 2.24. The van der Waals surface area contributed by atoms with E-state index in [1.54, 1.807) is 18.8 Å². The molecule has 7 heteroatoms. The molecule has 1 unspecified atom stereocenters. The van der Waals surface area contributed by atoms with Crippen LogP contribution in [0.3, 0.4) is 0 Å². The van der Waals surface area contributed by atoms with Crippen LogP contribution in [0.15, 0.2) is 18.2 Å². The third-order valence-electron chi connectivity index (χ3n) is 3.15. The molecular formula is C13H14ClFN2O2S. The highest BCUT2D eigenvalue weighted by atomic mass is 35.5. The Hall–Kier alpha value is -1.27. The Kier molecular flexibility index (Phi) is 4.88. The Morgan fingerprint density at radius 3 is 2.85 bits per heavy atom. The van der Waals surface area contributed by atoms with Gasteiger partial charge in [-0.2, -0.15) is 11.8 Å². The van der Waals surface area contributed by atoms with E-state index in [1.165, 1.54) is 17.0 Å². The summed E-state index contributed by atoms with van der Waals surface area (Å²) in [5.41, 5.74) is 0.223. The fourth-order valence-electron chi connectivity index (χ4n) is 1.92. The molecule has 1 aromatic rings. The zero-order valence-corrected chi connectivity index (χ0v) is 12.4. The SMILES string of the molecule is CN(C(=O)C(=O)Nc1ccc(F)cc1Cl)C1CCSC1. The molecule has 108 valence electrons. The molecule has 1 saturated heterocycles. The van der Waals surface area contributed by atoms with Gasteiger partial charge in [0.05, 0.1) is 10.7 Å². The number of anilines is 1. The first-order chi connectivity index (χ1) is 9.49. The van der Waals surface area contributed by atoms with E-state index in [0.29, 0.717) is 0 Å². The zero-order chi connectivity index (χ0) is 14.7. The number of rotatable bonds is 2. The fourth-order valence-corrected chi connectivity index (χ4v) is 3.40. The van der Waals surface area contributed by atoms with Crippen molar-refractivity contribution in [3.63, 3.8) is 0 Å². The molecule has 4 nitrogen and oxygen atoms in total. The lowest BCUT2D eigenvalue weighted by Gasteiger charge is -2.23. The summed E-state index contributed by atoms with van der Waals surface area (Å²) >= 11 is 7.56. The molecule has 0 saturated carbocycles. The monoisotopic (exact) mass is 316 g/mol. The molecule has 1 aliphatic heterocycles. The summed E-state index contributed by atoms with van der Waals surface area (Å²) in [6.45, 7) is 0. The lowest BCUT2D eigenvalue weighted by molar-refractivity contribution is -0.143. The van der Waals surface area contributed by atoms with E-state index in [2.05, 4.69) is 5.32 Å². The smallest absolute Gasteiger partial charge is 0.313 e. The van der Waals surface area contributed by atoms with Crippen molar-refractivity contribution in [3.05, 3.63) is 29.0 Å². The molecule has 20 heavy (non-hydrogen) atoms. The van der Waals surface area contributed by atoms with Crippen molar-refractivity contribution >= 4 is 40.9 Å². The van der Waals surface area contributed by atoms with E-state index in [4.69, 9.17) is 11.6 Å². The van der Waals surface area contributed by atoms with E-state index in [-0.39, 0.29) is 16.8 Å². The lowest BCUT2D eigenvalue weighted by atomic mass is 10.2. The van der Waals surface area contributed by atoms with Gasteiger partial charge < -0.3 is 10.2 Å². The third-order valence-corrected chi connectivity index (χ3v) is 4.60. The van der Waals surface area contributed by atoms with E-state index in [0.717, 1.165) is 24.0 Å². The largest absolute Gasteiger partial charge is 0.334 e. The normalized spacial score (nSPS) is 17.9. The number of hydrogen-bond acceptors (Lipinski definition) is 3. The average molecular weight is 317 g/mol. The molecule has 0 aromatic heterocycles. The molecule has 0 bridgehead atoms. The number of carbonyl (C=O) groups is 2. The third kappa shape index (κ3) is 3.43. The first kappa shape index (κ1) is 15.1. The van der Waals surface area contributed by atoms with Gasteiger partial charge >= 0.3 is 11.8 Å². The van der Waals surface area contributed by atoms with Crippen LogP contribution in [0.25, 0.3) is 0 Å². The predicted octanol–water partition coefficient (Wildman–Crippen LogP) is 2.38. The summed E-state index contributed by atoms with van der Waals surface area (Å²) in [6.07, 6.45) is 0.886. The maximum absolute atomic E-state index is 12.9. The summed E-state index contributed by atoms with van der Waals surface area (Å²) < 4.78 is 12.9. The van der Waals surface area contributed by atoms with Crippen molar-refractivity contribution in [1.29, 1.82) is 0 Å². The van der Waals surface area contributed by atoms with Gasteiger partial charge in [0.2, 0.25) is 0 Å². The molecule has 0 spiro atoms. The number of amides is 2. The molecule has 1 N–H and O–H groups in total. The van der Waals surface area contributed by atoms with Crippen LogP contribution in [0.2, 0.25) is 5.02 Å². The van der Waals surface area contributed by atoms with Gasteiger partial charge in [0.25, 0.3) is 0 Å². The molecule has 2 rings (SSSR count). The van der Waals surface area contributed by atoms with Crippen molar-refractivity contribution in [3.8, 4) is 0 Å². The zero-order valence-electron chi connectivity index (χ0n) is 10.9. The average Bonchev–Trinajstić information content (AvgIpc) is 2.94. The maximum Gasteiger partial charge on any atom is 0.313 e. The number of nitrogens with zero attached hydrogens (tertiary/aromatic N) is 1. The summed E-state index contributed by atoms with van der Waals surface area (Å²) in [5, 5.41) is 2.47. The maximum atomic E-state index is 12.9. The molecule has 0 radical (unpaired) electrons. The van der Waals surface area contributed by atoms with E-state index < -0.39 is 17.6 Å². The Morgan fingerprint density at radius 1 is 1.50 bits per heavy atom. The van der Waals surface area contributed by atoms with Gasteiger partial charge in [-0.25, -0.2) is 4.39 Å². The topological polar surface area (TPSA) is 49.4 Å². The van der Waals surface area contributed by atoms with Gasteiger partial charge in [0.1, 0.15) is 5.82 Å². The summed E-state index contributed by atoms with van der Waals surface area (Å²) in [7, 11) is 1.62. The van der Waals surface area contributed by atoms with Crippen LogP contribution in [-0.4, -0.2) is 41.3 Å². The van der Waals surface area contributed by atoms with E-state index in [1.807, 2.05) is 0 Å². The molecule has 1 aliphatic rings. The second-order valence-corrected chi connectivity index (χ2v) is 6.07. The van der Waals surface area contributed by atoms with Gasteiger partial charge in [0, 0.05) is 18.8 Å². The Balaban J connectivity index is 2.01. The number of halogens is 2. The predicted molar refractivity (Wildman–Crippen MR) is 78.5 cm³/mol. The molecule has 1 aromatic carbocycles. The number of thioether (sulfide) groups is 1. The molecule has 1 atom stereocenters. The van der Waals surface area contributed by atoms with Crippen molar-refractivity contribution in [1.82, 2.24) is 4.90 Å². The molecular weight excluding hydrogens is 303 g/mol. The second kappa shape index (κ2) is 6.45. The minimum Gasteiger partial charge on any atom is -0.334 e. The van der Waals surface area contributed by atoms with E-state index >= 15 is 0 Å². The van der Waals surface area contributed by atoms with Crippen molar-refractivity contribution in [2.75, 3.05) is 23.9 Å². The summed E-state index contributed by atoms with van der Waals surface area (Å²) in [4.78, 5) is 25.3. The van der Waals surface area contributed by atoms with Gasteiger partial charge in [0.15, 0.2) is 0 Å². The van der Waals surface area contributed by atoms with Gasteiger partial charge in [-0.15, -0.1) is 0 Å². The fraction of sp³-hybridized carbons (Fsp3) is 0.385. The highest BCUT2D eigenvalue weighted by molar-refractivity contribution is 7.99. The van der Waals surface area contributed by atoms with Gasteiger partial charge in [-0.1, -0.05) is 11.6 Å². The van der Waals surface area contributed by atoms with Crippen LogP contribution in [0.5, 0.6) is 0 Å². The second-order valence-electron chi connectivity index (χ2n) is 4.51. The van der Waals surface area contributed by atoms with Crippen LogP contribution in [0.4, 0.5) is 10.1 Å². The van der Waals surface area contributed by atoms with Crippen molar-refractivity contribution in [2.45, 2.75) is 12.5 Å². The van der Waals surface area contributed by atoms with Crippen LogP contribution >= 0.6 is 23.4 Å². The lowest BCUT2D eigenvalue weighted by Crippen LogP contribution is -2.43. The van der Waals surface area contributed by atoms with Crippen molar-refractivity contribution < 1.29 is 14.0 Å². The quantitative estimate of drug-likeness (QED) is 0.852. The Bertz CT molecular complexity index is 535. The minimum absolute atomic E-state index is 0.0604. The first-order valence-corrected chi connectivity index (χ1v) is 7.63. The number of nitrogens with one attached hydrogen (secondary N) is 1. The van der Waals surface area contributed by atoms with Gasteiger partial charge in [-0.05, 0) is 30.4 Å². The Morgan fingerprint density at radius 2 is 2.25 bits per heavy atom. The summed E-state index contributed by atoms with van der Waals surface area (Å²) in [6, 6.07) is 3.67. The first-order valence-electron chi connectivity index (χ1n) is 6.10. The number of carbonyl (C=O) groups excluding carboxylic acids is 2. The number of hydrogen-bond donors (Lipinski definition) is 1. The molecule has 1 fully saturated rings. The van der Waals surface area contributed by atoms with Crippen LogP contribution < -0.4 is 5.32 Å². The van der Waals surface area contributed by atoms with Crippen molar-refractivity contribution in [2.24, 2.45) is 0 Å². The molecule has 0 aliphatic carbocycles. The molecule has 1 heterocycles. The van der Waals surface area contributed by atoms with Gasteiger partial charge in [-0.3, -0.25) is 9.59 Å². The highest BCUT2D eigenvalue weighted by Gasteiger charge is 2.28. The van der Waals surface area contributed by atoms with Crippen LogP contribution in [0, 0.1) is 5.82 Å².